The minimum Gasteiger partial charge on any atom is -0.352 e. The van der Waals surface area contributed by atoms with E-state index in [4.69, 9.17) is 0 Å². The maximum Gasteiger partial charge on any atom is 0.417 e. The molecule has 0 spiro atoms. The largest absolute Gasteiger partial charge is 0.417 e. The van der Waals surface area contributed by atoms with Crippen LogP contribution in [0.5, 0.6) is 0 Å². The van der Waals surface area contributed by atoms with E-state index in [9.17, 15) is 18.0 Å². The highest BCUT2D eigenvalue weighted by Crippen LogP contribution is 2.31. The molecular formula is C17H15F3N6O. The number of nitrogens with one attached hydrogen (secondary N) is 2. The van der Waals surface area contributed by atoms with Crippen molar-refractivity contribution in [3.8, 4) is 0 Å². The summed E-state index contributed by atoms with van der Waals surface area (Å²) in [6.45, 7) is 1.70. The molecule has 3 heterocycles. The van der Waals surface area contributed by atoms with E-state index in [0.29, 0.717) is 11.5 Å². The number of nitrogens with zero attached hydrogens (tertiary/aromatic N) is 4. The zero-order valence-electron chi connectivity index (χ0n) is 14.4. The fraction of sp³-hybridized carbons (Fsp3) is 0.176. The molecule has 0 aliphatic rings. The predicted octanol–water partition coefficient (Wildman–Crippen LogP) is 3.53. The number of hydrogen-bond donors (Lipinski definition) is 2. The van der Waals surface area contributed by atoms with E-state index in [2.05, 4.69) is 25.7 Å². The zero-order valence-corrected chi connectivity index (χ0v) is 14.4. The van der Waals surface area contributed by atoms with Crippen LogP contribution < -0.4 is 10.6 Å². The zero-order chi connectivity index (χ0) is 19.6. The Morgan fingerprint density at radius 1 is 1.19 bits per heavy atom. The first-order chi connectivity index (χ1) is 12.7. The summed E-state index contributed by atoms with van der Waals surface area (Å²) in [5, 5.41) is 9.42. The van der Waals surface area contributed by atoms with Gasteiger partial charge in [-0.1, -0.05) is 0 Å². The van der Waals surface area contributed by atoms with Gasteiger partial charge in [-0.2, -0.15) is 18.3 Å². The second kappa shape index (κ2) is 7.06. The molecule has 0 atom stereocenters. The molecule has 3 rings (SSSR count). The summed E-state index contributed by atoms with van der Waals surface area (Å²) in [5.41, 5.74) is 0.0385. The van der Waals surface area contributed by atoms with Gasteiger partial charge in [0.05, 0.1) is 23.1 Å². The lowest BCUT2D eigenvalue weighted by Crippen LogP contribution is -2.17. The third-order valence-electron chi connectivity index (χ3n) is 3.55. The lowest BCUT2D eigenvalue weighted by atomic mass is 10.2. The van der Waals surface area contributed by atoms with Crippen LogP contribution in [0.25, 0.3) is 0 Å². The van der Waals surface area contributed by atoms with Gasteiger partial charge >= 0.3 is 6.18 Å². The number of carbonyl (C=O) groups is 1. The molecular weight excluding hydrogens is 361 g/mol. The Balaban J connectivity index is 1.89. The van der Waals surface area contributed by atoms with Crippen molar-refractivity contribution in [1.29, 1.82) is 0 Å². The lowest BCUT2D eigenvalue weighted by molar-refractivity contribution is -0.137. The molecule has 27 heavy (non-hydrogen) atoms. The Hall–Kier alpha value is -3.43. The number of aryl methyl sites for hydroxylation is 2. The molecule has 3 aromatic heterocycles. The first-order valence-corrected chi connectivity index (χ1v) is 7.80. The van der Waals surface area contributed by atoms with Gasteiger partial charge < -0.3 is 10.6 Å². The molecule has 1 amide bonds. The molecule has 0 saturated heterocycles. The molecule has 0 fully saturated rings. The smallest absolute Gasteiger partial charge is 0.352 e. The van der Waals surface area contributed by atoms with E-state index in [1.807, 2.05) is 0 Å². The second-order valence-corrected chi connectivity index (χ2v) is 5.76. The van der Waals surface area contributed by atoms with Crippen LogP contribution in [-0.2, 0) is 13.2 Å². The average molecular weight is 376 g/mol. The van der Waals surface area contributed by atoms with E-state index in [-0.39, 0.29) is 17.1 Å². The third kappa shape index (κ3) is 4.40. The van der Waals surface area contributed by atoms with Crippen molar-refractivity contribution in [2.45, 2.75) is 13.1 Å². The van der Waals surface area contributed by atoms with Gasteiger partial charge in [-0.3, -0.25) is 14.5 Å². The van der Waals surface area contributed by atoms with Crippen LogP contribution in [0, 0.1) is 6.92 Å². The molecule has 3 aromatic rings. The lowest BCUT2D eigenvalue weighted by Gasteiger charge is -2.13. The quantitative estimate of drug-likeness (QED) is 0.728. The number of pyridine rings is 2. The third-order valence-corrected chi connectivity index (χ3v) is 3.55. The van der Waals surface area contributed by atoms with Gasteiger partial charge in [0.15, 0.2) is 11.5 Å². The van der Waals surface area contributed by atoms with Gasteiger partial charge in [0.1, 0.15) is 0 Å². The van der Waals surface area contributed by atoms with Crippen LogP contribution in [0.15, 0.2) is 42.9 Å². The van der Waals surface area contributed by atoms with Crippen LogP contribution in [0.2, 0.25) is 0 Å². The second-order valence-electron chi connectivity index (χ2n) is 5.76. The number of hydrogen-bond acceptors (Lipinski definition) is 5. The summed E-state index contributed by atoms with van der Waals surface area (Å²) in [6.07, 6.45) is -0.898. The van der Waals surface area contributed by atoms with Gasteiger partial charge in [-0.15, -0.1) is 0 Å². The van der Waals surface area contributed by atoms with Crippen LogP contribution >= 0.6 is 0 Å². The van der Waals surface area contributed by atoms with Crippen LogP contribution in [0.3, 0.4) is 0 Å². The summed E-state index contributed by atoms with van der Waals surface area (Å²) >= 11 is 0. The average Bonchev–Trinajstić information content (AvgIpc) is 3.01. The topological polar surface area (TPSA) is 84.7 Å². The monoisotopic (exact) mass is 376 g/mol. The van der Waals surface area contributed by atoms with Crippen molar-refractivity contribution in [2.24, 2.45) is 7.05 Å². The number of anilines is 3. The predicted molar refractivity (Wildman–Crippen MR) is 92.7 cm³/mol. The van der Waals surface area contributed by atoms with Gasteiger partial charge in [0, 0.05) is 31.2 Å². The summed E-state index contributed by atoms with van der Waals surface area (Å²) in [4.78, 5) is 20.3. The minimum absolute atomic E-state index is 0.0260. The normalized spacial score (nSPS) is 11.3. The summed E-state index contributed by atoms with van der Waals surface area (Å²) < 4.78 is 40.1. The first kappa shape index (κ1) is 18.4. The maximum absolute atomic E-state index is 12.9. The van der Waals surface area contributed by atoms with Crippen molar-refractivity contribution < 1.29 is 18.0 Å². The molecule has 0 aromatic carbocycles. The van der Waals surface area contributed by atoms with E-state index in [1.54, 1.807) is 38.4 Å². The Bertz CT molecular complexity index is 983. The standard InChI is InChI=1S/C17H15F3N6O/c1-10-3-4-13(23-12-7-11(8-21-9-12)17(18,19)20)15(22-10)16(27)24-14-5-6-26(2)25-14/h3-9,23H,1-2H3,(H,24,25,27). The van der Waals surface area contributed by atoms with E-state index < -0.39 is 17.6 Å². The number of halogens is 3. The highest BCUT2D eigenvalue weighted by molar-refractivity contribution is 6.06. The number of amides is 1. The Kier molecular flexibility index (Phi) is 4.80. The SMILES string of the molecule is Cc1ccc(Nc2cncc(C(F)(F)F)c2)c(C(=O)Nc2ccn(C)n2)n1. The number of carbonyl (C=O) groups excluding carboxylic acids is 1. The summed E-state index contributed by atoms with van der Waals surface area (Å²) in [6, 6.07) is 5.72. The van der Waals surface area contributed by atoms with Crippen LogP contribution in [0.1, 0.15) is 21.7 Å². The molecule has 7 nitrogen and oxygen atoms in total. The molecule has 2 N–H and O–H groups in total. The highest BCUT2D eigenvalue weighted by atomic mass is 19.4. The molecule has 10 heteroatoms. The molecule has 0 bridgehead atoms. The summed E-state index contributed by atoms with van der Waals surface area (Å²) in [7, 11) is 1.70. The highest BCUT2D eigenvalue weighted by Gasteiger charge is 2.31. The summed E-state index contributed by atoms with van der Waals surface area (Å²) in [5.74, 6) is -0.211. The first-order valence-electron chi connectivity index (χ1n) is 7.80. The van der Waals surface area contributed by atoms with Crippen molar-refractivity contribution >= 4 is 23.1 Å². The van der Waals surface area contributed by atoms with Gasteiger partial charge in [0.2, 0.25) is 0 Å². The van der Waals surface area contributed by atoms with E-state index in [1.165, 1.54) is 10.9 Å². The van der Waals surface area contributed by atoms with Crippen molar-refractivity contribution in [3.63, 3.8) is 0 Å². The van der Waals surface area contributed by atoms with Crippen LogP contribution in [-0.4, -0.2) is 25.7 Å². The Morgan fingerprint density at radius 3 is 2.63 bits per heavy atom. The van der Waals surface area contributed by atoms with Gasteiger partial charge in [-0.05, 0) is 25.1 Å². The fourth-order valence-corrected chi connectivity index (χ4v) is 2.31. The van der Waals surface area contributed by atoms with Gasteiger partial charge in [0.25, 0.3) is 5.91 Å². The molecule has 140 valence electrons. The molecule has 0 aliphatic heterocycles. The molecule has 0 saturated carbocycles. The molecule has 0 radical (unpaired) electrons. The van der Waals surface area contributed by atoms with Crippen molar-refractivity contribution in [3.05, 3.63) is 59.8 Å². The van der Waals surface area contributed by atoms with E-state index in [0.717, 1.165) is 12.3 Å². The van der Waals surface area contributed by atoms with E-state index >= 15 is 0 Å². The number of rotatable bonds is 4. The fourth-order valence-electron chi connectivity index (χ4n) is 2.31. The minimum atomic E-state index is -4.52. The van der Waals surface area contributed by atoms with Crippen LogP contribution in [0.4, 0.5) is 30.4 Å². The molecule has 0 aliphatic carbocycles. The Labute approximate surface area is 152 Å². The molecule has 0 unspecified atom stereocenters. The van der Waals surface area contributed by atoms with Gasteiger partial charge in [-0.25, -0.2) is 4.98 Å². The Morgan fingerprint density at radius 2 is 1.96 bits per heavy atom. The van der Waals surface area contributed by atoms with Crippen molar-refractivity contribution in [2.75, 3.05) is 10.6 Å². The maximum atomic E-state index is 12.9. The number of alkyl halides is 3. The number of aromatic nitrogens is 4. The van der Waals surface area contributed by atoms with Crippen molar-refractivity contribution in [1.82, 2.24) is 19.7 Å².